The average molecular weight is 269 g/mol. The maximum absolute atomic E-state index is 11.8. The van der Waals surface area contributed by atoms with Gasteiger partial charge in [0.05, 0.1) is 16.7 Å². The first kappa shape index (κ1) is 15.1. The standard InChI is InChI=1S/C13H23N3OS/c1-6-7-14-13(17)9(3)15-8(2)12-10(4)18-11(5)16-12/h8-9,15H,6-7H2,1-5H3,(H,14,17). The van der Waals surface area contributed by atoms with E-state index in [9.17, 15) is 4.79 Å². The minimum atomic E-state index is -0.201. The van der Waals surface area contributed by atoms with Crippen molar-refractivity contribution >= 4 is 17.2 Å². The van der Waals surface area contributed by atoms with Crippen LogP contribution in [-0.4, -0.2) is 23.5 Å². The number of hydrogen-bond donors (Lipinski definition) is 2. The van der Waals surface area contributed by atoms with E-state index in [-0.39, 0.29) is 18.0 Å². The molecule has 5 heteroatoms. The zero-order chi connectivity index (χ0) is 13.7. The molecule has 2 unspecified atom stereocenters. The normalized spacial score (nSPS) is 14.3. The van der Waals surface area contributed by atoms with E-state index in [2.05, 4.69) is 22.5 Å². The van der Waals surface area contributed by atoms with Crippen molar-refractivity contribution in [3.8, 4) is 0 Å². The van der Waals surface area contributed by atoms with E-state index in [1.807, 2.05) is 27.7 Å². The molecule has 2 atom stereocenters. The Balaban J connectivity index is 2.56. The molecule has 0 aromatic carbocycles. The Morgan fingerprint density at radius 2 is 2.06 bits per heavy atom. The molecule has 0 saturated heterocycles. The van der Waals surface area contributed by atoms with Gasteiger partial charge in [-0.1, -0.05) is 6.92 Å². The molecule has 0 aliphatic heterocycles. The van der Waals surface area contributed by atoms with Crippen molar-refractivity contribution in [3.05, 3.63) is 15.6 Å². The Labute approximate surface area is 113 Å². The number of aromatic nitrogens is 1. The lowest BCUT2D eigenvalue weighted by Crippen LogP contribution is -2.43. The fourth-order valence-corrected chi connectivity index (χ4v) is 2.79. The number of nitrogens with one attached hydrogen (secondary N) is 2. The summed E-state index contributed by atoms with van der Waals surface area (Å²) in [5, 5.41) is 7.25. The maximum Gasteiger partial charge on any atom is 0.236 e. The van der Waals surface area contributed by atoms with Crippen LogP contribution in [0.4, 0.5) is 0 Å². The summed E-state index contributed by atoms with van der Waals surface area (Å²) in [5.41, 5.74) is 1.05. The summed E-state index contributed by atoms with van der Waals surface area (Å²) in [7, 11) is 0. The van der Waals surface area contributed by atoms with Gasteiger partial charge in [-0.15, -0.1) is 11.3 Å². The molecular weight excluding hydrogens is 246 g/mol. The van der Waals surface area contributed by atoms with Crippen molar-refractivity contribution in [1.82, 2.24) is 15.6 Å². The van der Waals surface area contributed by atoms with Gasteiger partial charge < -0.3 is 5.32 Å². The lowest BCUT2D eigenvalue weighted by molar-refractivity contribution is -0.122. The number of amides is 1. The van der Waals surface area contributed by atoms with E-state index in [0.717, 1.165) is 23.7 Å². The molecule has 1 aromatic rings. The third kappa shape index (κ3) is 4.07. The zero-order valence-corrected chi connectivity index (χ0v) is 12.6. The molecule has 0 bridgehead atoms. The Hall–Kier alpha value is -0.940. The lowest BCUT2D eigenvalue weighted by Gasteiger charge is -2.18. The molecule has 0 fully saturated rings. The van der Waals surface area contributed by atoms with E-state index in [0.29, 0.717) is 0 Å². The van der Waals surface area contributed by atoms with E-state index in [1.165, 1.54) is 4.88 Å². The Bertz CT molecular complexity index is 403. The molecule has 4 nitrogen and oxygen atoms in total. The topological polar surface area (TPSA) is 54.0 Å². The molecule has 18 heavy (non-hydrogen) atoms. The van der Waals surface area contributed by atoms with Gasteiger partial charge in [0, 0.05) is 17.5 Å². The highest BCUT2D eigenvalue weighted by Crippen LogP contribution is 2.22. The highest BCUT2D eigenvalue weighted by atomic mass is 32.1. The van der Waals surface area contributed by atoms with Crippen LogP contribution in [-0.2, 0) is 4.79 Å². The van der Waals surface area contributed by atoms with Gasteiger partial charge >= 0.3 is 0 Å². The van der Waals surface area contributed by atoms with Crippen molar-refractivity contribution in [2.45, 2.75) is 53.1 Å². The largest absolute Gasteiger partial charge is 0.355 e. The minimum Gasteiger partial charge on any atom is -0.355 e. The summed E-state index contributed by atoms with van der Waals surface area (Å²) in [6, 6.07) is -0.106. The first-order valence-corrected chi connectivity index (χ1v) is 7.25. The summed E-state index contributed by atoms with van der Waals surface area (Å²) >= 11 is 1.70. The van der Waals surface area contributed by atoms with Gasteiger partial charge in [0.15, 0.2) is 0 Å². The van der Waals surface area contributed by atoms with Crippen LogP contribution in [0.3, 0.4) is 0 Å². The van der Waals surface area contributed by atoms with Crippen LogP contribution in [0.25, 0.3) is 0 Å². The summed E-state index contributed by atoms with van der Waals surface area (Å²) in [6.07, 6.45) is 0.957. The molecule has 2 N–H and O–H groups in total. The van der Waals surface area contributed by atoms with Crippen molar-refractivity contribution in [2.75, 3.05) is 6.54 Å². The van der Waals surface area contributed by atoms with Crippen molar-refractivity contribution < 1.29 is 4.79 Å². The van der Waals surface area contributed by atoms with E-state index < -0.39 is 0 Å². The molecule has 0 spiro atoms. The quantitative estimate of drug-likeness (QED) is 0.833. The highest BCUT2D eigenvalue weighted by molar-refractivity contribution is 7.11. The zero-order valence-electron chi connectivity index (χ0n) is 11.8. The van der Waals surface area contributed by atoms with Crippen molar-refractivity contribution in [3.63, 3.8) is 0 Å². The van der Waals surface area contributed by atoms with E-state index in [4.69, 9.17) is 0 Å². The first-order chi connectivity index (χ1) is 8.45. The van der Waals surface area contributed by atoms with Crippen LogP contribution in [0.2, 0.25) is 0 Å². The molecule has 1 amide bonds. The molecule has 0 radical (unpaired) electrons. The molecule has 1 aromatic heterocycles. The average Bonchev–Trinajstić information content (AvgIpc) is 2.65. The van der Waals surface area contributed by atoms with Crippen molar-refractivity contribution in [1.29, 1.82) is 0 Å². The maximum atomic E-state index is 11.8. The molecule has 0 aliphatic carbocycles. The number of aryl methyl sites for hydroxylation is 2. The van der Waals surface area contributed by atoms with Crippen LogP contribution in [0.1, 0.15) is 48.8 Å². The molecule has 1 heterocycles. The molecule has 0 aliphatic rings. The summed E-state index contributed by atoms with van der Waals surface area (Å²) in [5.74, 6) is 0.0494. The first-order valence-electron chi connectivity index (χ1n) is 6.43. The van der Waals surface area contributed by atoms with Gasteiger partial charge in [0.2, 0.25) is 5.91 Å². The number of thiazole rings is 1. The van der Waals surface area contributed by atoms with Crippen LogP contribution < -0.4 is 10.6 Å². The van der Waals surface area contributed by atoms with Gasteiger partial charge in [0.25, 0.3) is 0 Å². The van der Waals surface area contributed by atoms with E-state index in [1.54, 1.807) is 11.3 Å². The van der Waals surface area contributed by atoms with Gasteiger partial charge in [-0.25, -0.2) is 4.98 Å². The molecule has 0 saturated carbocycles. The molecule has 1 rings (SSSR count). The molecule has 102 valence electrons. The van der Waals surface area contributed by atoms with Crippen molar-refractivity contribution in [2.24, 2.45) is 0 Å². The second kappa shape index (κ2) is 6.85. The van der Waals surface area contributed by atoms with E-state index >= 15 is 0 Å². The fraction of sp³-hybridized carbons (Fsp3) is 0.692. The molecular formula is C13H23N3OS. The lowest BCUT2D eigenvalue weighted by atomic mass is 10.2. The predicted octanol–water partition coefficient (Wildman–Crippen LogP) is 2.33. The number of nitrogens with zero attached hydrogens (tertiary/aromatic N) is 1. The third-order valence-electron chi connectivity index (χ3n) is 2.79. The number of carbonyl (C=O) groups excluding carboxylic acids is 1. The second-order valence-corrected chi connectivity index (χ2v) is 5.98. The monoisotopic (exact) mass is 269 g/mol. The second-order valence-electron chi connectivity index (χ2n) is 4.58. The van der Waals surface area contributed by atoms with Gasteiger partial charge in [-0.05, 0) is 34.1 Å². The van der Waals surface area contributed by atoms with Crippen LogP contribution >= 0.6 is 11.3 Å². The van der Waals surface area contributed by atoms with Gasteiger partial charge in [-0.2, -0.15) is 0 Å². The Morgan fingerprint density at radius 1 is 1.39 bits per heavy atom. The fourth-order valence-electron chi connectivity index (χ4n) is 1.88. The van der Waals surface area contributed by atoms with Crippen LogP contribution in [0, 0.1) is 13.8 Å². The SMILES string of the molecule is CCCNC(=O)C(C)NC(C)c1nc(C)sc1C. The number of rotatable bonds is 6. The van der Waals surface area contributed by atoms with Crippen LogP contribution in [0.5, 0.6) is 0 Å². The van der Waals surface area contributed by atoms with Gasteiger partial charge in [-0.3, -0.25) is 10.1 Å². The van der Waals surface area contributed by atoms with Crippen LogP contribution in [0.15, 0.2) is 0 Å². The number of carbonyl (C=O) groups is 1. The summed E-state index contributed by atoms with van der Waals surface area (Å²) < 4.78 is 0. The smallest absolute Gasteiger partial charge is 0.236 e. The third-order valence-corrected chi connectivity index (χ3v) is 3.69. The summed E-state index contributed by atoms with van der Waals surface area (Å²) in [4.78, 5) is 17.5. The Kier molecular flexibility index (Phi) is 5.75. The number of hydrogen-bond acceptors (Lipinski definition) is 4. The minimum absolute atomic E-state index is 0.0494. The predicted molar refractivity (Wildman–Crippen MR) is 75.9 cm³/mol. The summed E-state index contributed by atoms with van der Waals surface area (Å²) in [6.45, 7) is 10.8. The Morgan fingerprint density at radius 3 is 2.56 bits per heavy atom. The highest BCUT2D eigenvalue weighted by Gasteiger charge is 2.18. The van der Waals surface area contributed by atoms with Gasteiger partial charge in [0.1, 0.15) is 0 Å².